The molecular formula is C20H28N4O2. The molecular weight excluding hydrogens is 328 g/mol. The van der Waals surface area contributed by atoms with Crippen LogP contribution in [0.2, 0.25) is 0 Å². The van der Waals surface area contributed by atoms with Crippen LogP contribution >= 0.6 is 0 Å². The second kappa shape index (κ2) is 11.4. The number of hydrogen-bond acceptors (Lipinski definition) is 6. The first-order valence-electron chi connectivity index (χ1n) is 8.93. The van der Waals surface area contributed by atoms with Crippen LogP contribution in [0.5, 0.6) is 0 Å². The first-order valence-corrected chi connectivity index (χ1v) is 8.93. The fourth-order valence-corrected chi connectivity index (χ4v) is 2.44. The fraction of sp³-hybridized carbons (Fsp3) is 0.400. The zero-order valence-corrected chi connectivity index (χ0v) is 15.3. The number of ether oxygens (including phenoxy) is 2. The van der Waals surface area contributed by atoms with Crippen LogP contribution in [0.1, 0.15) is 18.9 Å². The van der Waals surface area contributed by atoms with Crippen molar-refractivity contribution in [3.8, 4) is 0 Å². The Balaban J connectivity index is 1.91. The topological polar surface area (TPSA) is 95.2 Å². The molecule has 0 bridgehead atoms. The molecule has 0 fully saturated rings. The highest BCUT2D eigenvalue weighted by Gasteiger charge is 2.09. The number of nitrogens with two attached hydrogens (primary N) is 2. The monoisotopic (exact) mass is 356 g/mol. The van der Waals surface area contributed by atoms with E-state index in [2.05, 4.69) is 10.2 Å². The second-order valence-electron chi connectivity index (χ2n) is 6.06. The largest absolute Gasteiger partial charge is 0.399 e. The summed E-state index contributed by atoms with van der Waals surface area (Å²) in [5, 5.41) is 8.67. The molecule has 0 saturated heterocycles. The highest BCUT2D eigenvalue weighted by atomic mass is 16.5. The van der Waals surface area contributed by atoms with Crippen LogP contribution < -0.4 is 11.5 Å². The molecule has 26 heavy (non-hydrogen) atoms. The molecule has 6 heteroatoms. The van der Waals surface area contributed by atoms with Gasteiger partial charge in [0, 0.05) is 18.7 Å². The van der Waals surface area contributed by atoms with E-state index in [1.807, 2.05) is 55.5 Å². The smallest absolute Gasteiger partial charge is 0.0891 e. The lowest BCUT2D eigenvalue weighted by Gasteiger charge is -2.15. The van der Waals surface area contributed by atoms with Gasteiger partial charge >= 0.3 is 0 Å². The zero-order chi connectivity index (χ0) is 18.6. The molecule has 0 aliphatic heterocycles. The van der Waals surface area contributed by atoms with E-state index >= 15 is 0 Å². The van der Waals surface area contributed by atoms with Crippen molar-refractivity contribution in [1.29, 1.82) is 0 Å². The lowest BCUT2D eigenvalue weighted by molar-refractivity contribution is 0.0125. The summed E-state index contributed by atoms with van der Waals surface area (Å²) in [6, 6.07) is 15.3. The Kier molecular flexibility index (Phi) is 8.75. The van der Waals surface area contributed by atoms with Gasteiger partial charge in [0.1, 0.15) is 0 Å². The van der Waals surface area contributed by atoms with Crippen LogP contribution in [-0.2, 0) is 15.9 Å². The Morgan fingerprint density at radius 3 is 2.58 bits per heavy atom. The van der Waals surface area contributed by atoms with Crippen LogP contribution in [0.4, 0.5) is 17.1 Å². The van der Waals surface area contributed by atoms with E-state index in [9.17, 15) is 0 Å². The number of azo groups is 1. The molecule has 2 rings (SSSR count). The SMILES string of the molecule is CC(Cc1cc(N)ccc1N=Nc1ccccc1)OCCOCCCN. The average Bonchev–Trinajstić information content (AvgIpc) is 2.65. The quantitative estimate of drug-likeness (QED) is 0.361. The molecule has 0 aliphatic carbocycles. The second-order valence-corrected chi connectivity index (χ2v) is 6.06. The summed E-state index contributed by atoms with van der Waals surface area (Å²) in [6.45, 7) is 4.47. The van der Waals surface area contributed by atoms with Crippen molar-refractivity contribution < 1.29 is 9.47 Å². The third-order valence-corrected chi connectivity index (χ3v) is 3.76. The molecule has 140 valence electrons. The molecule has 0 heterocycles. The van der Waals surface area contributed by atoms with Crippen LogP contribution in [0, 0.1) is 0 Å². The first kappa shape index (κ1) is 20.0. The minimum absolute atomic E-state index is 0.0283. The zero-order valence-electron chi connectivity index (χ0n) is 15.3. The van der Waals surface area contributed by atoms with Crippen LogP contribution in [0.15, 0.2) is 58.8 Å². The van der Waals surface area contributed by atoms with E-state index < -0.39 is 0 Å². The third-order valence-electron chi connectivity index (χ3n) is 3.76. The number of hydrogen-bond donors (Lipinski definition) is 2. The molecule has 0 aromatic heterocycles. The van der Waals surface area contributed by atoms with Crippen LogP contribution in [0.3, 0.4) is 0 Å². The van der Waals surface area contributed by atoms with Gasteiger partial charge in [-0.3, -0.25) is 0 Å². The predicted octanol–water partition coefficient (Wildman–Crippen LogP) is 4.00. The van der Waals surface area contributed by atoms with Crippen molar-refractivity contribution in [3.05, 3.63) is 54.1 Å². The standard InChI is InChI=1S/C20H28N4O2/c1-16(26-13-12-25-11-5-10-21)14-17-15-18(22)8-9-20(17)24-23-19-6-3-2-4-7-19/h2-4,6-9,15-16H,5,10-14,21-22H2,1H3. The van der Waals surface area contributed by atoms with Crippen molar-refractivity contribution in [3.63, 3.8) is 0 Å². The summed E-state index contributed by atoms with van der Waals surface area (Å²) in [5.41, 5.74) is 14.7. The normalized spacial score (nSPS) is 12.5. The van der Waals surface area contributed by atoms with E-state index in [1.165, 1.54) is 0 Å². The summed E-state index contributed by atoms with van der Waals surface area (Å²) in [5.74, 6) is 0. The highest BCUT2D eigenvalue weighted by molar-refractivity contribution is 5.55. The van der Waals surface area contributed by atoms with E-state index in [1.54, 1.807) is 0 Å². The van der Waals surface area contributed by atoms with Gasteiger partial charge in [0.15, 0.2) is 0 Å². The van der Waals surface area contributed by atoms with Gasteiger partial charge in [-0.2, -0.15) is 10.2 Å². The van der Waals surface area contributed by atoms with E-state index in [4.69, 9.17) is 20.9 Å². The lowest BCUT2D eigenvalue weighted by atomic mass is 10.1. The predicted molar refractivity (Wildman–Crippen MR) is 105 cm³/mol. The Morgan fingerprint density at radius 2 is 1.81 bits per heavy atom. The molecule has 0 saturated carbocycles. The Labute approximate surface area is 155 Å². The maximum atomic E-state index is 5.94. The molecule has 2 aromatic carbocycles. The summed E-state index contributed by atoms with van der Waals surface area (Å²) in [6.07, 6.45) is 1.60. The molecule has 0 spiro atoms. The minimum atomic E-state index is 0.0283. The van der Waals surface area contributed by atoms with Crippen LogP contribution in [-0.4, -0.2) is 32.5 Å². The van der Waals surface area contributed by atoms with Gasteiger partial charge in [0.2, 0.25) is 0 Å². The van der Waals surface area contributed by atoms with Gasteiger partial charge in [-0.25, -0.2) is 0 Å². The Morgan fingerprint density at radius 1 is 1.00 bits per heavy atom. The van der Waals surface area contributed by atoms with Gasteiger partial charge in [0.05, 0.1) is 30.7 Å². The molecule has 1 atom stereocenters. The molecule has 0 amide bonds. The van der Waals surface area contributed by atoms with Crippen molar-refractivity contribution in [2.75, 3.05) is 32.1 Å². The molecule has 6 nitrogen and oxygen atoms in total. The van der Waals surface area contributed by atoms with Gasteiger partial charge in [0.25, 0.3) is 0 Å². The maximum absolute atomic E-state index is 5.94. The molecule has 4 N–H and O–H groups in total. The number of nitrogens with zero attached hydrogens (tertiary/aromatic N) is 2. The summed E-state index contributed by atoms with van der Waals surface area (Å²) < 4.78 is 11.3. The first-order chi connectivity index (χ1) is 12.7. The fourth-order valence-electron chi connectivity index (χ4n) is 2.44. The molecule has 0 radical (unpaired) electrons. The van der Waals surface area contributed by atoms with Gasteiger partial charge in [-0.05, 0) is 55.8 Å². The molecule has 0 aliphatic rings. The molecule has 1 unspecified atom stereocenters. The van der Waals surface area contributed by atoms with Crippen molar-refractivity contribution >= 4 is 17.1 Å². The van der Waals surface area contributed by atoms with Gasteiger partial charge in [-0.1, -0.05) is 18.2 Å². The molecule has 2 aromatic rings. The highest BCUT2D eigenvalue weighted by Crippen LogP contribution is 2.26. The number of anilines is 1. The van der Waals surface area contributed by atoms with Crippen molar-refractivity contribution in [2.24, 2.45) is 16.0 Å². The Hall–Kier alpha value is -2.28. The summed E-state index contributed by atoms with van der Waals surface area (Å²) in [4.78, 5) is 0. The number of rotatable bonds is 11. The number of benzene rings is 2. The Bertz CT molecular complexity index is 677. The van der Waals surface area contributed by atoms with E-state index in [0.29, 0.717) is 38.5 Å². The van der Waals surface area contributed by atoms with Crippen molar-refractivity contribution in [1.82, 2.24) is 0 Å². The number of nitrogen functional groups attached to an aromatic ring is 1. The maximum Gasteiger partial charge on any atom is 0.0891 e. The van der Waals surface area contributed by atoms with E-state index in [0.717, 1.165) is 23.4 Å². The van der Waals surface area contributed by atoms with Crippen LogP contribution in [0.25, 0.3) is 0 Å². The summed E-state index contributed by atoms with van der Waals surface area (Å²) in [7, 11) is 0. The van der Waals surface area contributed by atoms with Crippen molar-refractivity contribution in [2.45, 2.75) is 25.9 Å². The third kappa shape index (κ3) is 7.31. The minimum Gasteiger partial charge on any atom is -0.399 e. The van der Waals surface area contributed by atoms with E-state index in [-0.39, 0.29) is 6.10 Å². The average molecular weight is 356 g/mol. The van der Waals surface area contributed by atoms with Gasteiger partial charge in [-0.15, -0.1) is 0 Å². The summed E-state index contributed by atoms with van der Waals surface area (Å²) >= 11 is 0. The lowest BCUT2D eigenvalue weighted by Crippen LogP contribution is -2.16. The van der Waals surface area contributed by atoms with Gasteiger partial charge < -0.3 is 20.9 Å².